The van der Waals surface area contributed by atoms with Gasteiger partial charge in [0.05, 0.1) is 39.6 Å². The Labute approximate surface area is 127 Å². The van der Waals surface area contributed by atoms with Crippen LogP contribution in [0.2, 0.25) is 0 Å². The van der Waals surface area contributed by atoms with E-state index in [4.69, 9.17) is 25.7 Å². The summed E-state index contributed by atoms with van der Waals surface area (Å²) in [6.45, 7) is 4.96. The van der Waals surface area contributed by atoms with Crippen LogP contribution < -0.4 is 16.8 Å². The fourth-order valence-corrected chi connectivity index (χ4v) is 1.58. The number of nitrogens with one attached hydrogen (secondary N) is 1. The van der Waals surface area contributed by atoms with Crippen molar-refractivity contribution in [3.05, 3.63) is 0 Å². The van der Waals surface area contributed by atoms with Crippen LogP contribution in [0.15, 0.2) is 0 Å². The van der Waals surface area contributed by atoms with Crippen molar-refractivity contribution in [2.45, 2.75) is 25.7 Å². The molecule has 0 atom stereocenters. The van der Waals surface area contributed by atoms with Crippen LogP contribution in [0.3, 0.4) is 0 Å². The number of ether oxygens (including phenoxy) is 3. The third-order valence-electron chi connectivity index (χ3n) is 2.68. The van der Waals surface area contributed by atoms with Crippen molar-refractivity contribution >= 4 is 5.91 Å². The Bertz CT molecular complexity index is 230. The highest BCUT2D eigenvalue weighted by Gasteiger charge is 1.99. The minimum atomic E-state index is 0.0731. The van der Waals surface area contributed by atoms with E-state index >= 15 is 0 Å². The fourth-order valence-electron chi connectivity index (χ4n) is 1.58. The summed E-state index contributed by atoms with van der Waals surface area (Å²) in [6.07, 6.45) is 3.44. The lowest BCUT2D eigenvalue weighted by Crippen LogP contribution is -2.27. The largest absolute Gasteiger partial charge is 0.378 e. The number of nitrogens with two attached hydrogens (primary N) is 2. The molecule has 7 nitrogen and oxygen atoms in total. The predicted molar refractivity (Wildman–Crippen MR) is 82.0 cm³/mol. The summed E-state index contributed by atoms with van der Waals surface area (Å²) >= 11 is 0. The molecule has 7 heteroatoms. The average Bonchev–Trinajstić information content (AvgIpc) is 2.49. The van der Waals surface area contributed by atoms with Gasteiger partial charge in [-0.2, -0.15) is 0 Å². The van der Waals surface area contributed by atoms with E-state index in [1.807, 2.05) is 0 Å². The van der Waals surface area contributed by atoms with Gasteiger partial charge in [-0.05, 0) is 19.4 Å². The molecule has 0 rings (SSSR count). The minimum absolute atomic E-state index is 0.0731. The molecule has 126 valence electrons. The zero-order valence-electron chi connectivity index (χ0n) is 13.0. The maximum atomic E-state index is 11.4. The highest BCUT2D eigenvalue weighted by Crippen LogP contribution is 1.97. The molecule has 0 aliphatic rings. The first-order chi connectivity index (χ1) is 10.3. The number of carbonyl (C=O) groups is 1. The molecule has 0 aliphatic heterocycles. The second kappa shape index (κ2) is 17.3. The van der Waals surface area contributed by atoms with Gasteiger partial charge in [0.15, 0.2) is 0 Å². The molecular weight excluding hydrogens is 274 g/mol. The molecular formula is C14H31N3O4. The van der Waals surface area contributed by atoms with Crippen LogP contribution in [0, 0.1) is 0 Å². The van der Waals surface area contributed by atoms with Gasteiger partial charge in [0.25, 0.3) is 0 Å². The van der Waals surface area contributed by atoms with Crippen LogP contribution in [-0.2, 0) is 19.0 Å². The summed E-state index contributed by atoms with van der Waals surface area (Å²) in [6, 6.07) is 0. The third-order valence-corrected chi connectivity index (χ3v) is 2.68. The Kier molecular flexibility index (Phi) is 16.7. The highest BCUT2D eigenvalue weighted by atomic mass is 16.5. The number of unbranched alkanes of at least 4 members (excludes halogenated alkanes) is 2. The Hall–Kier alpha value is -0.730. The van der Waals surface area contributed by atoms with Crippen LogP contribution in [0.5, 0.6) is 0 Å². The molecule has 21 heavy (non-hydrogen) atoms. The van der Waals surface area contributed by atoms with Crippen molar-refractivity contribution in [2.24, 2.45) is 11.5 Å². The standard InChI is InChI=1S/C14H31N3O4/c15-5-3-1-2-4-14(18)17-7-9-20-11-13-21-12-10-19-8-6-16/h1-13,15-16H2,(H,17,18). The molecule has 0 bridgehead atoms. The molecule has 0 saturated heterocycles. The first-order valence-electron chi connectivity index (χ1n) is 7.71. The average molecular weight is 305 g/mol. The summed E-state index contributed by atoms with van der Waals surface area (Å²) < 4.78 is 15.8. The Morgan fingerprint density at radius 1 is 0.762 bits per heavy atom. The van der Waals surface area contributed by atoms with Crippen molar-refractivity contribution in [3.63, 3.8) is 0 Å². The van der Waals surface area contributed by atoms with E-state index in [0.29, 0.717) is 65.7 Å². The van der Waals surface area contributed by atoms with Gasteiger partial charge < -0.3 is 31.0 Å². The first-order valence-corrected chi connectivity index (χ1v) is 7.71. The molecule has 0 saturated carbocycles. The summed E-state index contributed by atoms with van der Waals surface area (Å²) in [5, 5.41) is 2.82. The smallest absolute Gasteiger partial charge is 0.220 e. The van der Waals surface area contributed by atoms with E-state index in [9.17, 15) is 4.79 Å². The molecule has 0 fully saturated rings. The topological polar surface area (TPSA) is 109 Å². The highest BCUT2D eigenvalue weighted by molar-refractivity contribution is 5.75. The summed E-state index contributed by atoms with van der Waals surface area (Å²) in [7, 11) is 0. The number of amides is 1. The van der Waals surface area contributed by atoms with Crippen molar-refractivity contribution in [1.29, 1.82) is 0 Å². The van der Waals surface area contributed by atoms with Crippen LogP contribution in [0.4, 0.5) is 0 Å². The quantitative estimate of drug-likeness (QED) is 0.336. The SMILES string of the molecule is NCCCCCC(=O)NCCOCCOCCOCCN. The molecule has 0 aliphatic carbocycles. The van der Waals surface area contributed by atoms with E-state index in [1.165, 1.54) is 0 Å². The minimum Gasteiger partial charge on any atom is -0.378 e. The van der Waals surface area contributed by atoms with Gasteiger partial charge in [-0.1, -0.05) is 6.42 Å². The summed E-state index contributed by atoms with van der Waals surface area (Å²) in [4.78, 5) is 11.4. The van der Waals surface area contributed by atoms with Crippen LogP contribution in [-0.4, -0.2) is 65.2 Å². The van der Waals surface area contributed by atoms with Crippen LogP contribution in [0.1, 0.15) is 25.7 Å². The number of rotatable bonds is 16. The zero-order chi connectivity index (χ0) is 15.6. The van der Waals surface area contributed by atoms with Gasteiger partial charge in [0, 0.05) is 19.5 Å². The maximum absolute atomic E-state index is 11.4. The van der Waals surface area contributed by atoms with Crippen molar-refractivity contribution in [1.82, 2.24) is 5.32 Å². The lowest BCUT2D eigenvalue weighted by Gasteiger charge is -2.07. The Morgan fingerprint density at radius 2 is 1.38 bits per heavy atom. The fraction of sp³-hybridized carbons (Fsp3) is 0.929. The molecule has 0 spiro atoms. The predicted octanol–water partition coefficient (Wildman–Crippen LogP) is -0.370. The maximum Gasteiger partial charge on any atom is 0.220 e. The van der Waals surface area contributed by atoms with Crippen LogP contribution >= 0.6 is 0 Å². The van der Waals surface area contributed by atoms with Crippen molar-refractivity contribution in [2.75, 3.05) is 59.3 Å². The molecule has 0 aromatic carbocycles. The van der Waals surface area contributed by atoms with Gasteiger partial charge in [0.1, 0.15) is 0 Å². The molecule has 1 amide bonds. The van der Waals surface area contributed by atoms with Crippen molar-refractivity contribution in [3.8, 4) is 0 Å². The van der Waals surface area contributed by atoms with E-state index in [2.05, 4.69) is 5.32 Å². The van der Waals surface area contributed by atoms with Gasteiger partial charge in [-0.25, -0.2) is 0 Å². The molecule has 5 N–H and O–H groups in total. The van der Waals surface area contributed by atoms with Gasteiger partial charge >= 0.3 is 0 Å². The Morgan fingerprint density at radius 3 is 2.00 bits per heavy atom. The zero-order valence-corrected chi connectivity index (χ0v) is 13.0. The number of hydrogen-bond acceptors (Lipinski definition) is 6. The normalized spacial score (nSPS) is 10.8. The second-order valence-corrected chi connectivity index (χ2v) is 4.58. The monoisotopic (exact) mass is 305 g/mol. The summed E-state index contributed by atoms with van der Waals surface area (Å²) in [5.41, 5.74) is 10.7. The second-order valence-electron chi connectivity index (χ2n) is 4.58. The van der Waals surface area contributed by atoms with Gasteiger partial charge in [0.2, 0.25) is 5.91 Å². The Balaban J connectivity index is 3.09. The number of carbonyl (C=O) groups excluding carboxylic acids is 1. The molecule has 0 unspecified atom stereocenters. The van der Waals surface area contributed by atoms with Gasteiger partial charge in [-0.15, -0.1) is 0 Å². The summed E-state index contributed by atoms with van der Waals surface area (Å²) in [5.74, 6) is 0.0731. The number of hydrogen-bond donors (Lipinski definition) is 3. The molecule has 0 radical (unpaired) electrons. The van der Waals surface area contributed by atoms with E-state index in [0.717, 1.165) is 19.3 Å². The molecule has 0 aromatic rings. The lowest BCUT2D eigenvalue weighted by atomic mass is 10.2. The van der Waals surface area contributed by atoms with E-state index < -0.39 is 0 Å². The van der Waals surface area contributed by atoms with Gasteiger partial charge in [-0.3, -0.25) is 4.79 Å². The van der Waals surface area contributed by atoms with E-state index in [-0.39, 0.29) is 5.91 Å². The van der Waals surface area contributed by atoms with E-state index in [1.54, 1.807) is 0 Å². The molecule has 0 heterocycles. The third kappa shape index (κ3) is 17.2. The van der Waals surface area contributed by atoms with Crippen LogP contribution in [0.25, 0.3) is 0 Å². The lowest BCUT2D eigenvalue weighted by molar-refractivity contribution is -0.121. The molecule has 0 aromatic heterocycles. The van der Waals surface area contributed by atoms with Crippen molar-refractivity contribution < 1.29 is 19.0 Å². The first kappa shape index (κ1) is 20.3.